The van der Waals surface area contributed by atoms with Gasteiger partial charge in [-0.15, -0.1) is 0 Å². The molecule has 2 atom stereocenters. The van der Waals surface area contributed by atoms with E-state index in [9.17, 15) is 19.6 Å². The number of hydrogen-bond acceptors (Lipinski definition) is 9. The van der Waals surface area contributed by atoms with Crippen molar-refractivity contribution in [1.29, 1.82) is 5.26 Å². The average Bonchev–Trinajstić information content (AvgIpc) is 3.61. The molecule has 1 saturated carbocycles. The van der Waals surface area contributed by atoms with Crippen molar-refractivity contribution in [3.8, 4) is 17.8 Å². The normalized spacial score (nSPS) is 23.0. The van der Waals surface area contributed by atoms with Crippen LogP contribution in [-0.4, -0.2) is 88.2 Å². The fourth-order valence-corrected chi connectivity index (χ4v) is 6.66. The van der Waals surface area contributed by atoms with Crippen molar-refractivity contribution in [2.24, 2.45) is 0 Å². The molecule has 1 aliphatic carbocycles. The van der Waals surface area contributed by atoms with Gasteiger partial charge < -0.3 is 29.4 Å². The molecule has 222 valence electrons. The summed E-state index contributed by atoms with van der Waals surface area (Å²) in [6, 6.07) is 6.35. The maximum atomic E-state index is 15.1. The van der Waals surface area contributed by atoms with E-state index < -0.39 is 23.6 Å². The SMILES string of the molecule is C=C(F)C(=O)N1CCN(c2nc(OC[C@@H]3CCCN3C)nc3c2CC2(CC2)N(c2c(O)cccc2F)C3)C[C@@H]1CC#N. The zero-order chi connectivity index (χ0) is 29.6. The second-order valence-electron chi connectivity index (χ2n) is 11.8. The molecule has 6 rings (SSSR count). The highest BCUT2D eigenvalue weighted by molar-refractivity contribution is 5.91. The lowest BCUT2D eigenvalue weighted by molar-refractivity contribution is -0.131. The summed E-state index contributed by atoms with van der Waals surface area (Å²) in [5, 5.41) is 20.1. The molecule has 4 aliphatic rings. The molecule has 10 nitrogen and oxygen atoms in total. The smallest absolute Gasteiger partial charge is 0.318 e. The van der Waals surface area contributed by atoms with E-state index in [1.807, 2.05) is 9.80 Å². The molecule has 12 heteroatoms. The van der Waals surface area contributed by atoms with Crippen molar-refractivity contribution >= 4 is 17.4 Å². The van der Waals surface area contributed by atoms with Crippen LogP contribution in [0.3, 0.4) is 0 Å². The number of carbonyl (C=O) groups is 1. The van der Waals surface area contributed by atoms with Crippen LogP contribution in [0.1, 0.15) is 43.4 Å². The van der Waals surface area contributed by atoms with E-state index in [-0.39, 0.29) is 55.1 Å². The minimum absolute atomic E-state index is 0.0322. The van der Waals surface area contributed by atoms with Gasteiger partial charge in [0.1, 0.15) is 29.7 Å². The first-order valence-electron chi connectivity index (χ1n) is 14.5. The zero-order valence-electron chi connectivity index (χ0n) is 23.7. The molecule has 2 saturated heterocycles. The van der Waals surface area contributed by atoms with Gasteiger partial charge >= 0.3 is 6.01 Å². The molecule has 1 aromatic heterocycles. The molecule has 0 unspecified atom stereocenters. The Kier molecular flexibility index (Phi) is 7.39. The van der Waals surface area contributed by atoms with Crippen LogP contribution >= 0.6 is 0 Å². The number of hydrogen-bond donors (Lipinski definition) is 1. The molecule has 1 N–H and O–H groups in total. The number of phenols is 1. The molecular weight excluding hydrogens is 544 g/mol. The zero-order valence-corrected chi connectivity index (χ0v) is 23.7. The van der Waals surface area contributed by atoms with Crippen LogP contribution in [0.15, 0.2) is 30.6 Å². The van der Waals surface area contributed by atoms with Crippen molar-refractivity contribution in [3.05, 3.63) is 47.7 Å². The Morgan fingerprint density at radius 2 is 2.07 bits per heavy atom. The summed E-state index contributed by atoms with van der Waals surface area (Å²) < 4.78 is 35.0. The fraction of sp³-hybridized carbons (Fsp3) is 0.533. The molecule has 1 spiro atoms. The number of anilines is 2. The first-order valence-corrected chi connectivity index (χ1v) is 14.5. The molecule has 1 aromatic carbocycles. The van der Waals surface area contributed by atoms with Crippen molar-refractivity contribution < 1.29 is 23.4 Å². The highest BCUT2D eigenvalue weighted by Gasteiger charge is 2.53. The van der Waals surface area contributed by atoms with E-state index in [1.54, 1.807) is 0 Å². The number of nitriles is 1. The molecule has 3 aliphatic heterocycles. The van der Waals surface area contributed by atoms with Gasteiger partial charge in [0.15, 0.2) is 5.83 Å². The second-order valence-corrected chi connectivity index (χ2v) is 11.8. The lowest BCUT2D eigenvalue weighted by Gasteiger charge is -2.43. The third kappa shape index (κ3) is 5.11. The lowest BCUT2D eigenvalue weighted by atomic mass is 9.94. The number of likely N-dealkylation sites (N-methyl/N-ethyl adjacent to an activating group) is 1. The first kappa shape index (κ1) is 28.2. The van der Waals surface area contributed by atoms with E-state index >= 15 is 4.39 Å². The highest BCUT2D eigenvalue weighted by Crippen LogP contribution is 2.53. The van der Waals surface area contributed by atoms with Crippen molar-refractivity contribution in [3.63, 3.8) is 0 Å². The van der Waals surface area contributed by atoms with Crippen LogP contribution in [0.2, 0.25) is 0 Å². The molecule has 1 amide bonds. The van der Waals surface area contributed by atoms with E-state index in [0.29, 0.717) is 31.1 Å². The Balaban J connectivity index is 1.36. The standard InChI is InChI=1S/C30H35F2N7O3/c1-19(31)28(41)38-14-13-37(16-20(38)8-11-33)27-22-15-30(9-10-30)39(26-23(32)6-3-7-25(26)40)17-24(22)34-29(35-27)42-18-21-5-4-12-36(21)2/h3,6-7,20-21,40H,1,4-5,8-10,12-18H2,2H3/t20-,21-/m0/s1. The van der Waals surface area contributed by atoms with Crippen molar-refractivity contribution in [1.82, 2.24) is 19.8 Å². The Hall–Kier alpha value is -3.98. The number of benzene rings is 1. The summed E-state index contributed by atoms with van der Waals surface area (Å²) in [5.74, 6) is -1.80. The van der Waals surface area contributed by atoms with Crippen LogP contribution in [0.5, 0.6) is 11.8 Å². The number of amides is 1. The first-order chi connectivity index (χ1) is 20.2. The summed E-state index contributed by atoms with van der Waals surface area (Å²) in [4.78, 5) is 29.7. The van der Waals surface area contributed by atoms with Gasteiger partial charge in [0.2, 0.25) is 0 Å². The number of carbonyl (C=O) groups excluding carboxylic acids is 1. The topological polar surface area (TPSA) is 109 Å². The van der Waals surface area contributed by atoms with E-state index in [2.05, 4.69) is 24.6 Å². The van der Waals surface area contributed by atoms with Crippen LogP contribution < -0.4 is 14.5 Å². The lowest BCUT2D eigenvalue weighted by Crippen LogP contribution is -2.56. The number of para-hydroxylation sites is 1. The summed E-state index contributed by atoms with van der Waals surface area (Å²) >= 11 is 0. The minimum Gasteiger partial charge on any atom is -0.506 e. The third-order valence-corrected chi connectivity index (χ3v) is 9.18. The maximum Gasteiger partial charge on any atom is 0.318 e. The Morgan fingerprint density at radius 1 is 1.26 bits per heavy atom. The highest BCUT2D eigenvalue weighted by atomic mass is 19.1. The van der Waals surface area contributed by atoms with Crippen LogP contribution in [-0.2, 0) is 17.8 Å². The molecule has 4 heterocycles. The number of fused-ring (bicyclic) bond motifs is 1. The largest absolute Gasteiger partial charge is 0.506 e. The number of likely N-dealkylation sites (tertiary alicyclic amines) is 1. The van der Waals surface area contributed by atoms with Gasteiger partial charge in [-0.3, -0.25) is 4.79 Å². The van der Waals surface area contributed by atoms with Gasteiger partial charge in [0, 0.05) is 43.2 Å². The van der Waals surface area contributed by atoms with Gasteiger partial charge in [0.05, 0.1) is 30.8 Å². The Morgan fingerprint density at radius 3 is 2.74 bits per heavy atom. The number of rotatable bonds is 7. The molecule has 42 heavy (non-hydrogen) atoms. The summed E-state index contributed by atoms with van der Waals surface area (Å²) in [6.07, 6.45) is 4.33. The number of phenolic OH excluding ortho intramolecular Hbond substituents is 1. The molecule has 0 bridgehead atoms. The van der Waals surface area contributed by atoms with E-state index in [4.69, 9.17) is 14.7 Å². The number of aromatic hydroxyl groups is 1. The molecule has 2 aromatic rings. The maximum absolute atomic E-state index is 15.1. The van der Waals surface area contributed by atoms with Crippen LogP contribution in [0.25, 0.3) is 0 Å². The Labute approximate surface area is 243 Å². The predicted octanol–water partition coefficient (Wildman–Crippen LogP) is 3.30. The van der Waals surface area contributed by atoms with Gasteiger partial charge in [-0.2, -0.15) is 15.2 Å². The minimum atomic E-state index is -1.05. The fourth-order valence-electron chi connectivity index (χ4n) is 6.66. The number of aromatic nitrogens is 2. The number of nitrogens with zero attached hydrogens (tertiary/aromatic N) is 7. The summed E-state index contributed by atoms with van der Waals surface area (Å²) in [7, 11) is 2.07. The van der Waals surface area contributed by atoms with Gasteiger partial charge in [-0.25, -0.2) is 8.78 Å². The van der Waals surface area contributed by atoms with Crippen molar-refractivity contribution in [2.45, 2.75) is 62.7 Å². The predicted molar refractivity (Wildman–Crippen MR) is 151 cm³/mol. The van der Waals surface area contributed by atoms with E-state index in [1.165, 1.54) is 23.1 Å². The van der Waals surface area contributed by atoms with Crippen LogP contribution in [0.4, 0.5) is 20.3 Å². The van der Waals surface area contributed by atoms with Crippen molar-refractivity contribution in [2.75, 3.05) is 49.6 Å². The number of piperazine rings is 1. The number of ether oxygens (including phenoxy) is 1. The Bertz CT molecular complexity index is 1420. The van der Waals surface area contributed by atoms with E-state index in [0.717, 1.165) is 37.8 Å². The van der Waals surface area contributed by atoms with Gasteiger partial charge in [-0.1, -0.05) is 12.6 Å². The number of halogens is 2. The second kappa shape index (κ2) is 11.0. The molecule has 0 radical (unpaired) electrons. The average molecular weight is 580 g/mol. The van der Waals surface area contributed by atoms with Gasteiger partial charge in [0.25, 0.3) is 5.91 Å². The quantitative estimate of drug-likeness (QED) is 0.494. The summed E-state index contributed by atoms with van der Waals surface area (Å²) in [5.41, 5.74) is 1.39. The molecular formula is C30H35F2N7O3. The third-order valence-electron chi connectivity index (χ3n) is 9.18. The molecule has 3 fully saturated rings. The monoisotopic (exact) mass is 579 g/mol. The van der Waals surface area contributed by atoms with Crippen LogP contribution in [0, 0.1) is 17.1 Å². The summed E-state index contributed by atoms with van der Waals surface area (Å²) in [6.45, 7) is 5.71. The van der Waals surface area contributed by atoms with Gasteiger partial charge in [-0.05, 0) is 51.4 Å².